The molecular weight excluding hydrogens is 264 g/mol. The molecule has 0 fully saturated rings. The average Bonchev–Trinajstić information content (AvgIpc) is 2.38. The fourth-order valence-corrected chi connectivity index (χ4v) is 1.08. The Labute approximate surface area is 111 Å². The van der Waals surface area contributed by atoms with E-state index in [1.807, 2.05) is 0 Å². The largest absolute Gasteiger partial charge is 0 e. The summed E-state index contributed by atoms with van der Waals surface area (Å²) in [5.41, 5.74) is 1.33. The molecule has 0 saturated heterocycles. The van der Waals surface area contributed by atoms with Gasteiger partial charge < -0.3 is 0 Å². The molecule has 0 spiro atoms. The van der Waals surface area contributed by atoms with Crippen LogP contribution in [0.25, 0.3) is 0 Å². The van der Waals surface area contributed by atoms with Gasteiger partial charge in [-0.05, 0) is 25.3 Å². The van der Waals surface area contributed by atoms with Gasteiger partial charge in [0.25, 0.3) is 0 Å². The Bertz CT molecular complexity index is 276. The summed E-state index contributed by atoms with van der Waals surface area (Å²) in [5.74, 6) is 0. The molecule has 1 aromatic carbocycles. The summed E-state index contributed by atoms with van der Waals surface area (Å²) in [6, 6.07) is 8.54. The Morgan fingerprint density at radius 2 is 1.19 bits per heavy atom. The normalized spacial score (nSPS) is 5.75. The molecule has 0 aliphatic rings. The monoisotopic (exact) mass is 274 g/mol. The summed E-state index contributed by atoms with van der Waals surface area (Å²) in [6.07, 6.45) is 2.09. The molecule has 1 aromatic rings. The molecule has 0 unspecified atom stereocenters. The maximum Gasteiger partial charge on any atom is 0 e. The van der Waals surface area contributed by atoms with Crippen molar-refractivity contribution in [2.24, 2.45) is 0 Å². The predicted octanol–water partition coefficient (Wildman–Crippen LogP) is 2.60. The average molecular weight is 274 g/mol. The minimum Gasteiger partial charge on any atom is 0 e. The van der Waals surface area contributed by atoms with E-state index in [0.29, 0.717) is 0 Å². The van der Waals surface area contributed by atoms with Crippen molar-refractivity contribution in [3.63, 3.8) is 0 Å². The van der Waals surface area contributed by atoms with Crippen LogP contribution in [0.2, 0.25) is 0 Å². The van der Waals surface area contributed by atoms with Crippen LogP contribution in [0.3, 0.4) is 0 Å². The molecule has 0 radical (unpaired) electrons. The van der Waals surface area contributed by atoms with Gasteiger partial charge in [0.15, 0.2) is 0 Å². The van der Waals surface area contributed by atoms with Gasteiger partial charge in [-0.3, -0.25) is 0 Å². The molecule has 0 bridgehead atoms. The minimum atomic E-state index is 0. The van der Waals surface area contributed by atoms with E-state index in [-0.39, 0.29) is 17.4 Å². The maximum atomic E-state index is 7.50. The van der Waals surface area contributed by atoms with Crippen molar-refractivity contribution in [1.82, 2.24) is 0 Å². The Balaban J connectivity index is -0.0000000900. The zero-order valence-corrected chi connectivity index (χ0v) is 10.9. The summed E-state index contributed by atoms with van der Waals surface area (Å²) in [7, 11) is 0. The zero-order chi connectivity index (χ0) is 12.7. The first-order chi connectivity index (χ1) is 7.33. The fourth-order valence-electron chi connectivity index (χ4n) is 0.674. The van der Waals surface area contributed by atoms with Gasteiger partial charge in [-0.25, -0.2) is 0 Å². The predicted molar refractivity (Wildman–Crippen MR) is 54.7 cm³/mol. The smallest absolute Gasteiger partial charge is 0 e. The van der Waals surface area contributed by atoms with Crippen LogP contribution in [0.15, 0.2) is 29.2 Å². The van der Waals surface area contributed by atoms with Crippen molar-refractivity contribution < 1.29 is 31.3 Å². The van der Waals surface area contributed by atoms with Crippen molar-refractivity contribution in [2.75, 3.05) is 6.26 Å². The molecule has 84 valence electrons. The molecule has 0 N–H and O–H groups in total. The van der Waals surface area contributed by atoms with E-state index in [4.69, 9.17) is 14.0 Å². The van der Waals surface area contributed by atoms with E-state index in [1.54, 1.807) is 11.8 Å². The quantitative estimate of drug-likeness (QED) is 0.441. The van der Waals surface area contributed by atoms with Gasteiger partial charge in [-0.1, -0.05) is 17.7 Å². The Hall–Kier alpha value is -0.678. The van der Waals surface area contributed by atoms with Crippen LogP contribution in [0.4, 0.5) is 0 Å². The van der Waals surface area contributed by atoms with E-state index < -0.39 is 0 Å². The van der Waals surface area contributed by atoms with Crippen molar-refractivity contribution in [1.29, 1.82) is 0 Å². The molecular formula is C11H10CrO3S. The standard InChI is InChI=1S/C8H10S.3CO.Cr/c1-7-3-5-8(9-2)6-4-7;3*1-2;/h3-6H,1-2H3;;;;. The summed E-state index contributed by atoms with van der Waals surface area (Å²) < 4.78 is 22.5. The molecule has 3 nitrogen and oxygen atoms in total. The van der Waals surface area contributed by atoms with Crippen molar-refractivity contribution in [3.8, 4) is 0 Å². The van der Waals surface area contributed by atoms with E-state index >= 15 is 0 Å². The van der Waals surface area contributed by atoms with E-state index in [1.165, 1.54) is 10.5 Å². The molecule has 0 aliphatic heterocycles. The molecule has 0 aromatic heterocycles. The third-order valence-corrected chi connectivity index (χ3v) is 2.00. The summed E-state index contributed by atoms with van der Waals surface area (Å²) >= 11 is 1.78. The molecule has 0 atom stereocenters. The van der Waals surface area contributed by atoms with Crippen LogP contribution in [0, 0.1) is 26.9 Å². The molecule has 0 heterocycles. The second-order valence-corrected chi connectivity index (χ2v) is 2.90. The first-order valence-electron chi connectivity index (χ1n) is 3.55. The summed E-state index contributed by atoms with van der Waals surface area (Å²) in [5, 5.41) is 0. The number of rotatable bonds is 1. The molecule has 1 rings (SSSR count). The third-order valence-electron chi connectivity index (χ3n) is 1.26. The molecule has 0 amide bonds. The van der Waals surface area contributed by atoms with Crippen LogP contribution in [0.1, 0.15) is 5.56 Å². The second kappa shape index (κ2) is 23.9. The van der Waals surface area contributed by atoms with Crippen molar-refractivity contribution in [3.05, 3.63) is 49.8 Å². The Morgan fingerprint density at radius 3 is 1.44 bits per heavy atom. The van der Waals surface area contributed by atoms with E-state index in [9.17, 15) is 0 Å². The third kappa shape index (κ3) is 15.8. The number of benzene rings is 1. The van der Waals surface area contributed by atoms with Gasteiger partial charge in [0.05, 0.1) is 0 Å². The Morgan fingerprint density at radius 1 is 0.875 bits per heavy atom. The second-order valence-electron chi connectivity index (χ2n) is 2.02. The van der Waals surface area contributed by atoms with Gasteiger partial charge in [0, 0.05) is 22.3 Å². The fraction of sp³-hybridized carbons (Fsp3) is 0.182. The van der Waals surface area contributed by atoms with Gasteiger partial charge in [0.1, 0.15) is 0 Å². The van der Waals surface area contributed by atoms with Crippen molar-refractivity contribution in [2.45, 2.75) is 11.8 Å². The van der Waals surface area contributed by atoms with E-state index in [0.717, 1.165) is 0 Å². The molecule has 16 heavy (non-hydrogen) atoms. The topological polar surface area (TPSA) is 59.7 Å². The molecule has 0 saturated carbocycles. The van der Waals surface area contributed by atoms with Gasteiger partial charge in [-0.15, -0.1) is 11.8 Å². The summed E-state index contributed by atoms with van der Waals surface area (Å²) in [4.78, 5) is 1.33. The van der Waals surface area contributed by atoms with Gasteiger partial charge in [0.2, 0.25) is 0 Å². The summed E-state index contributed by atoms with van der Waals surface area (Å²) in [6.45, 7) is 15.6. The SMILES string of the molecule is CSc1ccc(C)cc1.[C-]#[O+].[C-]#[O+].[C-]#[O+].[Cr]. The Kier molecular flexibility index (Phi) is 36.6. The van der Waals surface area contributed by atoms with Crippen LogP contribution >= 0.6 is 11.8 Å². The van der Waals surface area contributed by atoms with Crippen LogP contribution < -0.4 is 0 Å². The first-order valence-corrected chi connectivity index (χ1v) is 4.77. The number of hydrogen-bond acceptors (Lipinski definition) is 1. The minimum absolute atomic E-state index is 0. The van der Waals surface area contributed by atoms with Crippen LogP contribution in [-0.4, -0.2) is 6.26 Å². The van der Waals surface area contributed by atoms with Crippen molar-refractivity contribution >= 4 is 11.8 Å². The first kappa shape index (κ1) is 24.5. The number of aryl methyl sites for hydroxylation is 1. The van der Waals surface area contributed by atoms with Crippen LogP contribution in [-0.2, 0) is 31.3 Å². The van der Waals surface area contributed by atoms with E-state index in [2.05, 4.69) is 57.4 Å². The van der Waals surface area contributed by atoms with Gasteiger partial charge in [-0.2, -0.15) is 0 Å². The van der Waals surface area contributed by atoms with Crippen LogP contribution in [0.5, 0.6) is 0 Å². The number of hydrogen-bond donors (Lipinski definition) is 0. The number of thioether (sulfide) groups is 1. The maximum absolute atomic E-state index is 7.50. The zero-order valence-electron chi connectivity index (χ0n) is 8.85. The molecule has 5 heteroatoms. The molecule has 0 aliphatic carbocycles. The van der Waals surface area contributed by atoms with Gasteiger partial charge >= 0.3 is 33.9 Å².